The molecule has 0 saturated heterocycles. The number of anilines is 1. The number of nitrogens with zero attached hydrogens (tertiary/aromatic N) is 1. The Morgan fingerprint density at radius 1 is 1.11 bits per heavy atom. The van der Waals surface area contributed by atoms with Crippen molar-refractivity contribution >= 4 is 28.4 Å². The number of carbonyl (C=O) groups is 2. The predicted molar refractivity (Wildman–Crippen MR) is 115 cm³/mol. The maximum absolute atomic E-state index is 12.8. The molecule has 0 aliphatic heterocycles. The van der Waals surface area contributed by atoms with E-state index in [1.54, 1.807) is 0 Å². The Balaban J connectivity index is 1.87. The van der Waals surface area contributed by atoms with E-state index >= 15 is 0 Å². The molecule has 28 heavy (non-hydrogen) atoms. The number of aromatic nitrogens is 1. The van der Waals surface area contributed by atoms with Crippen LogP contribution in [-0.4, -0.2) is 22.9 Å². The second kappa shape index (κ2) is 8.80. The number of nitrogens with one attached hydrogen (secondary N) is 2. The number of amides is 2. The number of aryl methyl sites for hydroxylation is 1. The molecule has 2 aromatic rings. The summed E-state index contributed by atoms with van der Waals surface area (Å²) in [6.07, 6.45) is 4.12. The van der Waals surface area contributed by atoms with E-state index in [-0.39, 0.29) is 17.7 Å². The Morgan fingerprint density at radius 2 is 1.86 bits per heavy atom. The Kier molecular flexibility index (Phi) is 6.42. The molecule has 1 aliphatic rings. The molecule has 5 heteroatoms. The fourth-order valence-electron chi connectivity index (χ4n) is 3.47. The van der Waals surface area contributed by atoms with Gasteiger partial charge in [-0.15, -0.1) is 0 Å². The molecule has 0 unspecified atom stereocenters. The van der Waals surface area contributed by atoms with Crippen LogP contribution < -0.4 is 10.6 Å². The third-order valence-corrected chi connectivity index (χ3v) is 5.48. The van der Waals surface area contributed by atoms with Gasteiger partial charge in [-0.3, -0.25) is 9.59 Å². The van der Waals surface area contributed by atoms with E-state index in [0.717, 1.165) is 48.8 Å². The van der Waals surface area contributed by atoms with Gasteiger partial charge in [0, 0.05) is 35.6 Å². The molecule has 2 N–H and O–H groups in total. The summed E-state index contributed by atoms with van der Waals surface area (Å²) in [6, 6.07) is 7.90. The molecule has 0 atom stereocenters. The smallest absolute Gasteiger partial charge is 0.267 e. The van der Waals surface area contributed by atoms with Crippen molar-refractivity contribution in [2.45, 2.75) is 59.9 Å². The SMILES string of the molecule is CC(C)CCn1c(C(=O)NCC(C)C)cc2cc(NC(=O)C3CCC3)ccc21. The Hall–Kier alpha value is -2.30. The molecule has 152 valence electrons. The number of benzene rings is 1. The van der Waals surface area contributed by atoms with Gasteiger partial charge < -0.3 is 15.2 Å². The van der Waals surface area contributed by atoms with Gasteiger partial charge >= 0.3 is 0 Å². The summed E-state index contributed by atoms with van der Waals surface area (Å²) in [6.45, 7) is 10.0. The highest BCUT2D eigenvalue weighted by Crippen LogP contribution is 2.29. The predicted octanol–water partition coefficient (Wildman–Crippen LogP) is 4.81. The minimum absolute atomic E-state index is 0.0336. The average molecular weight is 384 g/mol. The van der Waals surface area contributed by atoms with Crippen molar-refractivity contribution in [2.75, 3.05) is 11.9 Å². The van der Waals surface area contributed by atoms with Crippen LogP contribution in [0.1, 0.15) is 63.9 Å². The van der Waals surface area contributed by atoms with E-state index in [0.29, 0.717) is 24.1 Å². The van der Waals surface area contributed by atoms with E-state index < -0.39 is 0 Å². The molecule has 1 aromatic heterocycles. The number of fused-ring (bicyclic) bond motifs is 1. The average Bonchev–Trinajstić information content (AvgIpc) is 2.94. The molecule has 2 amide bonds. The summed E-state index contributed by atoms with van der Waals surface area (Å²) < 4.78 is 2.11. The zero-order valence-electron chi connectivity index (χ0n) is 17.5. The van der Waals surface area contributed by atoms with Crippen LogP contribution in [0, 0.1) is 17.8 Å². The van der Waals surface area contributed by atoms with Crippen molar-refractivity contribution in [3.63, 3.8) is 0 Å². The third kappa shape index (κ3) is 4.75. The van der Waals surface area contributed by atoms with Crippen molar-refractivity contribution in [2.24, 2.45) is 17.8 Å². The standard InChI is InChI=1S/C23H33N3O2/c1-15(2)10-11-26-20-9-8-19(25-22(27)17-6-5-7-17)12-18(20)13-21(26)23(28)24-14-16(3)4/h8-9,12-13,15-17H,5-7,10-11,14H2,1-4H3,(H,24,28)(H,25,27). The zero-order chi connectivity index (χ0) is 20.3. The van der Waals surface area contributed by atoms with Crippen molar-refractivity contribution < 1.29 is 9.59 Å². The number of carbonyl (C=O) groups excluding carboxylic acids is 2. The normalized spacial score (nSPS) is 14.5. The van der Waals surface area contributed by atoms with Gasteiger partial charge in [0.1, 0.15) is 5.69 Å². The molecule has 0 bridgehead atoms. The first-order chi connectivity index (χ1) is 13.3. The quantitative estimate of drug-likeness (QED) is 0.687. The van der Waals surface area contributed by atoms with Crippen LogP contribution in [0.2, 0.25) is 0 Å². The molecule has 1 aliphatic carbocycles. The van der Waals surface area contributed by atoms with Gasteiger partial charge in [-0.05, 0) is 55.4 Å². The third-order valence-electron chi connectivity index (χ3n) is 5.48. The van der Waals surface area contributed by atoms with Crippen LogP contribution >= 0.6 is 0 Å². The topological polar surface area (TPSA) is 63.1 Å². The van der Waals surface area contributed by atoms with Crippen LogP contribution in [-0.2, 0) is 11.3 Å². The van der Waals surface area contributed by atoms with E-state index in [1.807, 2.05) is 24.3 Å². The Labute approximate surface area is 167 Å². The summed E-state index contributed by atoms with van der Waals surface area (Å²) in [4.78, 5) is 25.0. The van der Waals surface area contributed by atoms with Gasteiger partial charge in [0.05, 0.1) is 0 Å². The van der Waals surface area contributed by atoms with Crippen LogP contribution in [0.25, 0.3) is 10.9 Å². The summed E-state index contributed by atoms with van der Waals surface area (Å²) >= 11 is 0. The van der Waals surface area contributed by atoms with Gasteiger partial charge in [-0.25, -0.2) is 0 Å². The highest BCUT2D eigenvalue weighted by Gasteiger charge is 2.25. The Bertz CT molecular complexity index is 847. The van der Waals surface area contributed by atoms with E-state index in [9.17, 15) is 9.59 Å². The van der Waals surface area contributed by atoms with Crippen molar-refractivity contribution in [1.82, 2.24) is 9.88 Å². The van der Waals surface area contributed by atoms with Crippen molar-refractivity contribution in [3.05, 3.63) is 30.0 Å². The van der Waals surface area contributed by atoms with Gasteiger partial charge in [-0.2, -0.15) is 0 Å². The lowest BCUT2D eigenvalue weighted by molar-refractivity contribution is -0.122. The van der Waals surface area contributed by atoms with Crippen molar-refractivity contribution in [3.8, 4) is 0 Å². The van der Waals surface area contributed by atoms with E-state index in [2.05, 4.69) is 42.9 Å². The van der Waals surface area contributed by atoms with Crippen LogP contribution in [0.5, 0.6) is 0 Å². The summed E-state index contributed by atoms with van der Waals surface area (Å²) in [5, 5.41) is 7.06. The number of hydrogen-bond acceptors (Lipinski definition) is 2. The minimum Gasteiger partial charge on any atom is -0.351 e. The Morgan fingerprint density at radius 3 is 2.46 bits per heavy atom. The van der Waals surface area contributed by atoms with Gasteiger partial charge in [0.15, 0.2) is 0 Å². The minimum atomic E-state index is -0.0336. The lowest BCUT2D eigenvalue weighted by Gasteiger charge is -2.24. The molecule has 1 heterocycles. The van der Waals surface area contributed by atoms with Crippen LogP contribution in [0.15, 0.2) is 24.3 Å². The molecular weight excluding hydrogens is 350 g/mol. The summed E-state index contributed by atoms with van der Waals surface area (Å²) in [5.74, 6) is 1.20. The first kappa shape index (κ1) is 20.4. The molecule has 3 rings (SSSR count). The van der Waals surface area contributed by atoms with Gasteiger partial charge in [0.2, 0.25) is 5.91 Å². The maximum atomic E-state index is 12.8. The highest BCUT2D eigenvalue weighted by atomic mass is 16.2. The molecule has 0 spiro atoms. The van der Waals surface area contributed by atoms with E-state index in [1.165, 1.54) is 0 Å². The van der Waals surface area contributed by atoms with Crippen LogP contribution in [0.3, 0.4) is 0 Å². The lowest BCUT2D eigenvalue weighted by Crippen LogP contribution is -2.29. The molecule has 0 radical (unpaired) electrons. The lowest BCUT2D eigenvalue weighted by atomic mass is 9.85. The molecule has 1 fully saturated rings. The summed E-state index contributed by atoms with van der Waals surface area (Å²) in [5.41, 5.74) is 2.54. The van der Waals surface area contributed by atoms with E-state index in [4.69, 9.17) is 0 Å². The van der Waals surface area contributed by atoms with Crippen LogP contribution in [0.4, 0.5) is 5.69 Å². The molecule has 1 aromatic carbocycles. The monoisotopic (exact) mass is 383 g/mol. The second-order valence-corrected chi connectivity index (χ2v) is 8.86. The molecule has 1 saturated carbocycles. The fourth-order valence-corrected chi connectivity index (χ4v) is 3.47. The second-order valence-electron chi connectivity index (χ2n) is 8.86. The largest absolute Gasteiger partial charge is 0.351 e. The molecular formula is C23H33N3O2. The fraction of sp³-hybridized carbons (Fsp3) is 0.565. The highest BCUT2D eigenvalue weighted by molar-refractivity contribution is 6.01. The number of hydrogen-bond donors (Lipinski definition) is 2. The first-order valence-electron chi connectivity index (χ1n) is 10.6. The van der Waals surface area contributed by atoms with Gasteiger partial charge in [0.25, 0.3) is 5.91 Å². The number of rotatable bonds is 8. The zero-order valence-corrected chi connectivity index (χ0v) is 17.5. The van der Waals surface area contributed by atoms with Gasteiger partial charge in [-0.1, -0.05) is 34.1 Å². The van der Waals surface area contributed by atoms with Crippen molar-refractivity contribution in [1.29, 1.82) is 0 Å². The molecule has 5 nitrogen and oxygen atoms in total. The maximum Gasteiger partial charge on any atom is 0.267 e. The first-order valence-corrected chi connectivity index (χ1v) is 10.6. The summed E-state index contributed by atoms with van der Waals surface area (Å²) in [7, 11) is 0.